The molecule has 0 aliphatic carbocycles. The normalized spacial score (nSPS) is 17.3. The standard InChI is InChI=1S/C14H22N2O/c1-11-9-12(2)14(17)13(10-11)3-6-16-7-4-15-5-8-16/h9-10,15,17H,3-8H2,1-2H3. The third kappa shape index (κ3) is 3.20. The predicted octanol–water partition coefficient (Wildman–Crippen LogP) is 1.46. The summed E-state index contributed by atoms with van der Waals surface area (Å²) in [6.07, 6.45) is 0.939. The Balaban J connectivity index is 1.98. The highest BCUT2D eigenvalue weighted by atomic mass is 16.3. The summed E-state index contributed by atoms with van der Waals surface area (Å²) in [4.78, 5) is 2.45. The van der Waals surface area contributed by atoms with E-state index < -0.39 is 0 Å². The Morgan fingerprint density at radius 2 is 1.94 bits per heavy atom. The van der Waals surface area contributed by atoms with E-state index >= 15 is 0 Å². The molecular weight excluding hydrogens is 212 g/mol. The summed E-state index contributed by atoms with van der Waals surface area (Å²) in [5.74, 6) is 0.478. The highest BCUT2D eigenvalue weighted by molar-refractivity contribution is 5.42. The van der Waals surface area contributed by atoms with Crippen LogP contribution < -0.4 is 5.32 Å². The maximum Gasteiger partial charge on any atom is 0.121 e. The molecule has 2 N–H and O–H groups in total. The van der Waals surface area contributed by atoms with Gasteiger partial charge in [0.2, 0.25) is 0 Å². The van der Waals surface area contributed by atoms with E-state index in [2.05, 4.69) is 23.2 Å². The summed E-state index contributed by atoms with van der Waals surface area (Å²) < 4.78 is 0. The molecule has 1 fully saturated rings. The molecule has 0 unspecified atom stereocenters. The number of phenols is 1. The van der Waals surface area contributed by atoms with Crippen molar-refractivity contribution >= 4 is 0 Å². The summed E-state index contributed by atoms with van der Waals surface area (Å²) >= 11 is 0. The van der Waals surface area contributed by atoms with E-state index in [1.165, 1.54) is 5.56 Å². The van der Waals surface area contributed by atoms with Crippen LogP contribution in [0.1, 0.15) is 16.7 Å². The first-order chi connectivity index (χ1) is 8.16. The average Bonchev–Trinajstić information content (AvgIpc) is 2.33. The molecule has 3 nitrogen and oxygen atoms in total. The number of benzene rings is 1. The van der Waals surface area contributed by atoms with E-state index in [9.17, 15) is 5.11 Å². The van der Waals surface area contributed by atoms with E-state index in [4.69, 9.17) is 0 Å². The Morgan fingerprint density at radius 3 is 2.65 bits per heavy atom. The van der Waals surface area contributed by atoms with E-state index in [0.717, 1.165) is 50.3 Å². The van der Waals surface area contributed by atoms with Crippen molar-refractivity contribution in [1.29, 1.82) is 0 Å². The van der Waals surface area contributed by atoms with Crippen molar-refractivity contribution in [3.63, 3.8) is 0 Å². The molecule has 0 radical (unpaired) electrons. The number of hydrogen-bond donors (Lipinski definition) is 2. The summed E-state index contributed by atoms with van der Waals surface area (Å²) in [5, 5.41) is 13.4. The van der Waals surface area contributed by atoms with Gasteiger partial charge < -0.3 is 15.3 Å². The monoisotopic (exact) mass is 234 g/mol. The minimum Gasteiger partial charge on any atom is -0.507 e. The molecule has 1 heterocycles. The van der Waals surface area contributed by atoms with Crippen molar-refractivity contribution in [3.8, 4) is 5.75 Å². The predicted molar refractivity (Wildman–Crippen MR) is 70.6 cm³/mol. The average molecular weight is 234 g/mol. The fraction of sp³-hybridized carbons (Fsp3) is 0.571. The third-order valence-corrected chi connectivity index (χ3v) is 3.43. The number of piperazine rings is 1. The summed E-state index contributed by atoms with van der Waals surface area (Å²) in [7, 11) is 0. The molecule has 17 heavy (non-hydrogen) atoms. The summed E-state index contributed by atoms with van der Waals surface area (Å²) in [5.41, 5.74) is 3.30. The van der Waals surface area contributed by atoms with Crippen LogP contribution in [0, 0.1) is 13.8 Å². The molecule has 94 valence electrons. The third-order valence-electron chi connectivity index (χ3n) is 3.43. The number of nitrogens with one attached hydrogen (secondary N) is 1. The van der Waals surface area contributed by atoms with Crippen molar-refractivity contribution in [1.82, 2.24) is 10.2 Å². The number of rotatable bonds is 3. The van der Waals surface area contributed by atoms with Gasteiger partial charge in [0.1, 0.15) is 5.75 Å². The van der Waals surface area contributed by atoms with Crippen LogP contribution in [0.15, 0.2) is 12.1 Å². The van der Waals surface area contributed by atoms with Crippen LogP contribution >= 0.6 is 0 Å². The molecule has 0 bridgehead atoms. The van der Waals surface area contributed by atoms with Gasteiger partial charge in [-0.3, -0.25) is 0 Å². The van der Waals surface area contributed by atoms with Gasteiger partial charge in [0.15, 0.2) is 0 Å². The van der Waals surface area contributed by atoms with Crippen molar-refractivity contribution in [3.05, 3.63) is 28.8 Å². The van der Waals surface area contributed by atoms with Crippen molar-refractivity contribution < 1.29 is 5.11 Å². The zero-order valence-electron chi connectivity index (χ0n) is 10.8. The first-order valence-electron chi connectivity index (χ1n) is 6.39. The van der Waals surface area contributed by atoms with Gasteiger partial charge in [-0.1, -0.05) is 17.7 Å². The fourth-order valence-electron chi connectivity index (χ4n) is 2.45. The van der Waals surface area contributed by atoms with Crippen molar-refractivity contribution in [2.75, 3.05) is 32.7 Å². The topological polar surface area (TPSA) is 35.5 Å². The lowest BCUT2D eigenvalue weighted by molar-refractivity contribution is 0.243. The van der Waals surface area contributed by atoms with Gasteiger partial charge in [-0.2, -0.15) is 0 Å². The van der Waals surface area contributed by atoms with Gasteiger partial charge in [0, 0.05) is 32.7 Å². The van der Waals surface area contributed by atoms with Crippen LogP contribution in [0.4, 0.5) is 0 Å². The summed E-state index contributed by atoms with van der Waals surface area (Å²) in [6, 6.07) is 4.13. The molecule has 0 aromatic heterocycles. The minimum absolute atomic E-state index is 0.478. The molecule has 1 saturated heterocycles. The van der Waals surface area contributed by atoms with Crippen molar-refractivity contribution in [2.45, 2.75) is 20.3 Å². The highest BCUT2D eigenvalue weighted by Crippen LogP contribution is 2.24. The molecule has 0 saturated carbocycles. The van der Waals surface area contributed by atoms with E-state index in [0.29, 0.717) is 5.75 Å². The molecule has 1 aromatic carbocycles. The first kappa shape index (κ1) is 12.4. The minimum atomic E-state index is 0.478. The van der Waals surface area contributed by atoms with Gasteiger partial charge in [-0.25, -0.2) is 0 Å². The van der Waals surface area contributed by atoms with Crippen molar-refractivity contribution in [2.24, 2.45) is 0 Å². The van der Waals surface area contributed by atoms with Crippen LogP contribution in [0.2, 0.25) is 0 Å². The molecule has 1 aliphatic rings. The molecule has 0 atom stereocenters. The Labute approximate surface area is 103 Å². The van der Waals surface area contributed by atoms with Crippen LogP contribution in [-0.2, 0) is 6.42 Å². The largest absolute Gasteiger partial charge is 0.507 e. The number of aromatic hydroxyl groups is 1. The number of nitrogens with zero attached hydrogens (tertiary/aromatic N) is 1. The maximum absolute atomic E-state index is 10.0. The molecular formula is C14H22N2O. The van der Waals surface area contributed by atoms with Crippen LogP contribution in [-0.4, -0.2) is 42.7 Å². The second-order valence-electron chi connectivity index (χ2n) is 4.93. The zero-order valence-corrected chi connectivity index (χ0v) is 10.8. The Kier molecular flexibility index (Phi) is 4.02. The fourth-order valence-corrected chi connectivity index (χ4v) is 2.45. The van der Waals surface area contributed by atoms with Gasteiger partial charge in [-0.05, 0) is 31.4 Å². The second kappa shape index (κ2) is 5.52. The number of hydrogen-bond acceptors (Lipinski definition) is 3. The van der Waals surface area contributed by atoms with E-state index in [-0.39, 0.29) is 0 Å². The molecule has 3 heteroatoms. The SMILES string of the molecule is Cc1cc(C)c(O)c(CCN2CCNCC2)c1. The van der Waals surface area contributed by atoms with Gasteiger partial charge in [-0.15, -0.1) is 0 Å². The van der Waals surface area contributed by atoms with Crippen LogP contribution in [0.3, 0.4) is 0 Å². The zero-order chi connectivity index (χ0) is 12.3. The van der Waals surface area contributed by atoms with E-state index in [1.807, 2.05) is 13.0 Å². The molecule has 0 spiro atoms. The number of phenolic OH excluding ortho intramolecular Hbond substituents is 1. The smallest absolute Gasteiger partial charge is 0.121 e. The molecule has 2 rings (SSSR count). The first-order valence-corrected chi connectivity index (χ1v) is 6.39. The van der Waals surface area contributed by atoms with Gasteiger partial charge in [0.25, 0.3) is 0 Å². The van der Waals surface area contributed by atoms with Gasteiger partial charge in [0.05, 0.1) is 0 Å². The Morgan fingerprint density at radius 1 is 1.24 bits per heavy atom. The molecule has 1 aromatic rings. The quantitative estimate of drug-likeness (QED) is 0.831. The van der Waals surface area contributed by atoms with Crippen LogP contribution in [0.5, 0.6) is 5.75 Å². The van der Waals surface area contributed by atoms with Gasteiger partial charge >= 0.3 is 0 Å². The second-order valence-corrected chi connectivity index (χ2v) is 4.93. The summed E-state index contributed by atoms with van der Waals surface area (Å²) in [6.45, 7) is 9.49. The van der Waals surface area contributed by atoms with Crippen LogP contribution in [0.25, 0.3) is 0 Å². The number of aryl methyl sites for hydroxylation is 2. The maximum atomic E-state index is 10.0. The molecule has 1 aliphatic heterocycles. The Hall–Kier alpha value is -1.06. The molecule has 0 amide bonds. The highest BCUT2D eigenvalue weighted by Gasteiger charge is 2.11. The Bertz CT molecular complexity index is 384. The lowest BCUT2D eigenvalue weighted by Gasteiger charge is -2.27. The lowest BCUT2D eigenvalue weighted by Crippen LogP contribution is -2.44. The lowest BCUT2D eigenvalue weighted by atomic mass is 10.0. The van der Waals surface area contributed by atoms with E-state index in [1.54, 1.807) is 0 Å².